The minimum atomic E-state index is -0.142. The van der Waals surface area contributed by atoms with Gasteiger partial charge in [0.1, 0.15) is 5.82 Å². The molecule has 0 aliphatic carbocycles. The number of unbranched alkanes of at least 4 members (excludes halogenated alkanes) is 4. The summed E-state index contributed by atoms with van der Waals surface area (Å²) in [6.07, 6.45) is 9.75. The van der Waals surface area contributed by atoms with Crippen LogP contribution in [0.5, 0.6) is 0 Å². The van der Waals surface area contributed by atoms with Crippen molar-refractivity contribution in [3.05, 3.63) is 22.7 Å². The van der Waals surface area contributed by atoms with Gasteiger partial charge in [-0.2, -0.15) is 0 Å². The second-order valence-electron chi connectivity index (χ2n) is 4.71. The Morgan fingerprint density at radius 3 is 2.53 bits per heavy atom. The van der Waals surface area contributed by atoms with Crippen molar-refractivity contribution in [2.45, 2.75) is 58.4 Å². The average molecular weight is 328 g/mol. The van der Waals surface area contributed by atoms with Gasteiger partial charge in [0, 0.05) is 18.8 Å². The molecule has 0 radical (unpaired) electrons. The first-order chi connectivity index (χ1) is 9.13. The molecule has 0 saturated carbocycles. The quantitative estimate of drug-likeness (QED) is 0.739. The van der Waals surface area contributed by atoms with Crippen molar-refractivity contribution in [3.8, 4) is 0 Å². The second-order valence-corrected chi connectivity index (χ2v) is 5.63. The third-order valence-electron chi connectivity index (χ3n) is 2.91. The summed E-state index contributed by atoms with van der Waals surface area (Å²) in [5.74, 6) is 0.720. The van der Waals surface area contributed by atoms with Crippen LogP contribution in [0.3, 0.4) is 0 Å². The van der Waals surface area contributed by atoms with E-state index in [1.807, 2.05) is 6.92 Å². The molecule has 0 bridgehead atoms. The maximum absolute atomic E-state index is 11.8. The predicted octanol–water partition coefficient (Wildman–Crippen LogP) is 3.78. The van der Waals surface area contributed by atoms with Crippen molar-refractivity contribution in [1.29, 1.82) is 0 Å². The summed E-state index contributed by atoms with van der Waals surface area (Å²) in [6, 6.07) is -0.142. The zero-order valence-corrected chi connectivity index (χ0v) is 13.2. The molecule has 0 saturated heterocycles. The zero-order chi connectivity index (χ0) is 14.1. The summed E-state index contributed by atoms with van der Waals surface area (Å²) < 4.78 is 0.839. The third-order valence-corrected chi connectivity index (χ3v) is 3.32. The highest BCUT2D eigenvalue weighted by Crippen LogP contribution is 2.11. The molecular weight excluding hydrogens is 306 g/mol. The first-order valence-corrected chi connectivity index (χ1v) is 7.69. The predicted molar refractivity (Wildman–Crippen MR) is 79.7 cm³/mol. The molecule has 0 aromatic carbocycles. The lowest BCUT2D eigenvalue weighted by atomic mass is 10.1. The molecule has 1 N–H and O–H groups in total. The van der Waals surface area contributed by atoms with Crippen LogP contribution in [0.2, 0.25) is 0 Å². The van der Waals surface area contributed by atoms with Gasteiger partial charge in [-0.3, -0.25) is 4.79 Å². The van der Waals surface area contributed by atoms with E-state index in [0.29, 0.717) is 12.2 Å². The first-order valence-electron chi connectivity index (χ1n) is 6.90. The Morgan fingerprint density at radius 2 is 1.89 bits per heavy atom. The number of halogens is 1. The number of amides is 1. The summed E-state index contributed by atoms with van der Waals surface area (Å²) in [6.45, 7) is 4.09. The first kappa shape index (κ1) is 16.1. The molecule has 1 heterocycles. The van der Waals surface area contributed by atoms with Crippen molar-refractivity contribution < 1.29 is 4.79 Å². The molecule has 1 aromatic heterocycles. The van der Waals surface area contributed by atoms with Gasteiger partial charge in [0.05, 0.1) is 10.5 Å². The Hall–Kier alpha value is -0.970. The lowest BCUT2D eigenvalue weighted by Crippen LogP contribution is -2.27. The number of rotatable bonds is 8. The molecule has 0 spiro atoms. The number of hydrogen-bond donors (Lipinski definition) is 1. The van der Waals surface area contributed by atoms with E-state index in [2.05, 4.69) is 38.1 Å². The number of hydrogen-bond acceptors (Lipinski definition) is 3. The van der Waals surface area contributed by atoms with E-state index in [0.717, 1.165) is 17.3 Å². The van der Waals surface area contributed by atoms with Gasteiger partial charge < -0.3 is 5.32 Å². The minimum absolute atomic E-state index is 0.0792. The van der Waals surface area contributed by atoms with Crippen LogP contribution in [0, 0.1) is 0 Å². The normalized spacial score (nSPS) is 12.2. The van der Waals surface area contributed by atoms with E-state index in [-0.39, 0.29) is 11.9 Å². The summed E-state index contributed by atoms with van der Waals surface area (Å²) in [4.78, 5) is 20.1. The van der Waals surface area contributed by atoms with Gasteiger partial charge in [-0.05, 0) is 29.3 Å². The zero-order valence-electron chi connectivity index (χ0n) is 11.7. The van der Waals surface area contributed by atoms with E-state index < -0.39 is 0 Å². The number of nitrogens with one attached hydrogen (secondary N) is 1. The lowest BCUT2D eigenvalue weighted by molar-refractivity contribution is -0.121. The smallest absolute Gasteiger partial charge is 0.220 e. The second kappa shape index (κ2) is 9.02. The van der Waals surface area contributed by atoms with Crippen LogP contribution in [-0.4, -0.2) is 15.9 Å². The van der Waals surface area contributed by atoms with Gasteiger partial charge in [0.25, 0.3) is 0 Å². The van der Waals surface area contributed by atoms with Gasteiger partial charge in [-0.1, -0.05) is 32.6 Å². The van der Waals surface area contributed by atoms with E-state index in [1.54, 1.807) is 12.4 Å². The SMILES string of the molecule is CCCCCCCC(=O)NC(C)c1ncc(Br)cn1. The minimum Gasteiger partial charge on any atom is -0.346 e. The number of nitrogens with zero attached hydrogens (tertiary/aromatic N) is 2. The largest absolute Gasteiger partial charge is 0.346 e. The standard InChI is InChI=1S/C14H22BrN3O/c1-3-4-5-6-7-8-13(19)18-11(2)14-16-9-12(15)10-17-14/h9-11H,3-8H2,1-2H3,(H,18,19). The average Bonchev–Trinajstić information content (AvgIpc) is 2.39. The van der Waals surface area contributed by atoms with E-state index in [9.17, 15) is 4.79 Å². The van der Waals surface area contributed by atoms with Crippen molar-refractivity contribution in [2.75, 3.05) is 0 Å². The van der Waals surface area contributed by atoms with Crippen LogP contribution >= 0.6 is 15.9 Å². The Labute approximate surface area is 123 Å². The fraction of sp³-hybridized carbons (Fsp3) is 0.643. The third kappa shape index (κ3) is 6.66. The number of carbonyl (C=O) groups excluding carboxylic acids is 1. The maximum Gasteiger partial charge on any atom is 0.220 e. The summed E-state index contributed by atoms with van der Waals surface area (Å²) in [7, 11) is 0. The van der Waals surface area contributed by atoms with Crippen LogP contribution in [0.15, 0.2) is 16.9 Å². The number of carbonyl (C=O) groups is 1. The maximum atomic E-state index is 11.8. The van der Waals surface area contributed by atoms with Crippen LogP contribution in [0.1, 0.15) is 64.2 Å². The highest BCUT2D eigenvalue weighted by atomic mass is 79.9. The molecule has 1 unspecified atom stereocenters. The highest BCUT2D eigenvalue weighted by Gasteiger charge is 2.11. The molecule has 0 aliphatic rings. The van der Waals surface area contributed by atoms with Crippen LogP contribution < -0.4 is 5.32 Å². The molecule has 1 aromatic rings. The molecule has 0 fully saturated rings. The molecule has 0 aliphatic heterocycles. The lowest BCUT2D eigenvalue weighted by Gasteiger charge is -2.12. The Kier molecular flexibility index (Phi) is 7.63. The van der Waals surface area contributed by atoms with Crippen LogP contribution in [-0.2, 0) is 4.79 Å². The topological polar surface area (TPSA) is 54.9 Å². The van der Waals surface area contributed by atoms with Crippen molar-refractivity contribution in [3.63, 3.8) is 0 Å². The van der Waals surface area contributed by atoms with Crippen molar-refractivity contribution in [2.24, 2.45) is 0 Å². The molecule has 1 atom stereocenters. The summed E-state index contributed by atoms with van der Waals surface area (Å²) in [5.41, 5.74) is 0. The fourth-order valence-electron chi connectivity index (χ4n) is 1.81. The van der Waals surface area contributed by atoms with Gasteiger partial charge in [0.15, 0.2) is 0 Å². The highest BCUT2D eigenvalue weighted by molar-refractivity contribution is 9.10. The molecule has 106 valence electrons. The fourth-order valence-corrected chi connectivity index (χ4v) is 2.02. The molecule has 5 heteroatoms. The van der Waals surface area contributed by atoms with Gasteiger partial charge in [-0.25, -0.2) is 9.97 Å². The van der Waals surface area contributed by atoms with E-state index in [1.165, 1.54) is 19.3 Å². The van der Waals surface area contributed by atoms with Crippen molar-refractivity contribution in [1.82, 2.24) is 15.3 Å². The molecule has 1 rings (SSSR count). The summed E-state index contributed by atoms with van der Waals surface area (Å²) >= 11 is 3.29. The Morgan fingerprint density at radius 1 is 1.26 bits per heavy atom. The Bertz CT molecular complexity index is 381. The van der Waals surface area contributed by atoms with Crippen molar-refractivity contribution >= 4 is 21.8 Å². The molecule has 19 heavy (non-hydrogen) atoms. The van der Waals surface area contributed by atoms with Crippen LogP contribution in [0.25, 0.3) is 0 Å². The van der Waals surface area contributed by atoms with Gasteiger partial charge >= 0.3 is 0 Å². The number of aromatic nitrogens is 2. The van der Waals surface area contributed by atoms with Crippen LogP contribution in [0.4, 0.5) is 0 Å². The molecule has 1 amide bonds. The van der Waals surface area contributed by atoms with Gasteiger partial charge in [0.2, 0.25) is 5.91 Å². The van der Waals surface area contributed by atoms with E-state index in [4.69, 9.17) is 0 Å². The summed E-state index contributed by atoms with van der Waals surface area (Å²) in [5, 5.41) is 2.93. The Balaban J connectivity index is 2.26. The van der Waals surface area contributed by atoms with Gasteiger partial charge in [-0.15, -0.1) is 0 Å². The monoisotopic (exact) mass is 327 g/mol. The molecule has 4 nitrogen and oxygen atoms in total. The van der Waals surface area contributed by atoms with E-state index >= 15 is 0 Å². The molecular formula is C14H22BrN3O.